The second-order valence-electron chi connectivity index (χ2n) is 4.38. The van der Waals surface area contributed by atoms with Crippen LogP contribution in [0.4, 0.5) is 5.69 Å². The SMILES string of the molecule is CCOc1ccc(NC(=S)NNC(=O)c2ccoc2C)cc1. The number of thiocarbonyl (C=S) groups is 1. The summed E-state index contributed by atoms with van der Waals surface area (Å²) in [5.41, 5.74) is 6.38. The Bertz CT molecular complexity index is 652. The van der Waals surface area contributed by atoms with Crippen molar-refractivity contribution in [1.29, 1.82) is 0 Å². The topological polar surface area (TPSA) is 75.5 Å². The van der Waals surface area contributed by atoms with Gasteiger partial charge in [-0.3, -0.25) is 15.6 Å². The zero-order valence-corrected chi connectivity index (χ0v) is 13.1. The molecule has 0 aliphatic heterocycles. The minimum atomic E-state index is -0.318. The summed E-state index contributed by atoms with van der Waals surface area (Å²) in [6.07, 6.45) is 1.46. The van der Waals surface area contributed by atoms with Gasteiger partial charge in [-0.05, 0) is 56.4 Å². The van der Waals surface area contributed by atoms with E-state index >= 15 is 0 Å². The second-order valence-corrected chi connectivity index (χ2v) is 4.79. The number of rotatable bonds is 4. The van der Waals surface area contributed by atoms with Crippen molar-refractivity contribution in [3.05, 3.63) is 47.9 Å². The number of amides is 1. The third-order valence-electron chi connectivity index (χ3n) is 2.82. The maximum atomic E-state index is 11.9. The first-order valence-corrected chi connectivity index (χ1v) is 7.15. The van der Waals surface area contributed by atoms with Crippen LogP contribution < -0.4 is 20.9 Å². The Morgan fingerprint density at radius 2 is 1.95 bits per heavy atom. The van der Waals surface area contributed by atoms with Crippen LogP contribution in [0.1, 0.15) is 23.0 Å². The van der Waals surface area contributed by atoms with Crippen molar-refractivity contribution in [1.82, 2.24) is 10.9 Å². The molecular weight excluding hydrogens is 302 g/mol. The summed E-state index contributed by atoms with van der Waals surface area (Å²) in [7, 11) is 0. The summed E-state index contributed by atoms with van der Waals surface area (Å²) >= 11 is 5.11. The highest BCUT2D eigenvalue weighted by Gasteiger charge is 2.11. The van der Waals surface area contributed by atoms with Crippen molar-refractivity contribution in [2.24, 2.45) is 0 Å². The van der Waals surface area contributed by atoms with Gasteiger partial charge >= 0.3 is 0 Å². The smallest absolute Gasteiger partial charge is 0.273 e. The summed E-state index contributed by atoms with van der Waals surface area (Å²) in [4.78, 5) is 11.9. The van der Waals surface area contributed by atoms with Gasteiger partial charge in [-0.2, -0.15) is 0 Å². The van der Waals surface area contributed by atoms with E-state index in [-0.39, 0.29) is 11.0 Å². The van der Waals surface area contributed by atoms with E-state index in [0.29, 0.717) is 17.9 Å². The van der Waals surface area contributed by atoms with Crippen LogP contribution in [0.2, 0.25) is 0 Å². The fourth-order valence-corrected chi connectivity index (χ4v) is 1.93. The molecule has 0 bridgehead atoms. The number of aryl methyl sites for hydroxylation is 1. The Balaban J connectivity index is 1.83. The summed E-state index contributed by atoms with van der Waals surface area (Å²) in [5.74, 6) is 1.02. The Hall–Kier alpha value is -2.54. The number of nitrogens with one attached hydrogen (secondary N) is 3. The minimum Gasteiger partial charge on any atom is -0.494 e. The first-order valence-electron chi connectivity index (χ1n) is 6.74. The van der Waals surface area contributed by atoms with E-state index in [1.165, 1.54) is 6.26 Å². The van der Waals surface area contributed by atoms with Crippen LogP contribution in [0.25, 0.3) is 0 Å². The maximum Gasteiger partial charge on any atom is 0.273 e. The monoisotopic (exact) mass is 319 g/mol. The van der Waals surface area contributed by atoms with E-state index in [1.807, 2.05) is 31.2 Å². The number of hydrazine groups is 1. The van der Waals surface area contributed by atoms with Crippen LogP contribution in [0, 0.1) is 6.92 Å². The zero-order valence-electron chi connectivity index (χ0n) is 12.3. The average molecular weight is 319 g/mol. The molecule has 0 atom stereocenters. The first kappa shape index (κ1) is 15.8. The zero-order chi connectivity index (χ0) is 15.9. The number of hydrogen-bond donors (Lipinski definition) is 3. The predicted octanol–water partition coefficient (Wildman–Crippen LogP) is 2.62. The van der Waals surface area contributed by atoms with Crippen LogP contribution in [-0.2, 0) is 0 Å². The van der Waals surface area contributed by atoms with Crippen molar-refractivity contribution in [2.45, 2.75) is 13.8 Å². The summed E-state index contributed by atoms with van der Waals surface area (Å²) in [6.45, 7) is 4.26. The third-order valence-corrected chi connectivity index (χ3v) is 3.02. The lowest BCUT2D eigenvalue weighted by molar-refractivity contribution is 0.0942. The van der Waals surface area contributed by atoms with E-state index in [9.17, 15) is 4.79 Å². The molecule has 6 nitrogen and oxygen atoms in total. The van der Waals surface area contributed by atoms with Crippen LogP contribution in [-0.4, -0.2) is 17.6 Å². The normalized spacial score (nSPS) is 9.91. The van der Waals surface area contributed by atoms with Gasteiger partial charge in [0.05, 0.1) is 18.4 Å². The molecule has 1 amide bonds. The molecular formula is C15H17N3O3S. The molecule has 0 spiro atoms. The van der Waals surface area contributed by atoms with Gasteiger partial charge < -0.3 is 14.5 Å². The van der Waals surface area contributed by atoms with Gasteiger partial charge in [0.15, 0.2) is 5.11 Å². The summed E-state index contributed by atoms with van der Waals surface area (Å²) in [6, 6.07) is 8.93. The molecule has 0 saturated carbocycles. The van der Waals surface area contributed by atoms with E-state index in [2.05, 4.69) is 16.2 Å². The highest BCUT2D eigenvalue weighted by molar-refractivity contribution is 7.80. The van der Waals surface area contributed by atoms with Gasteiger partial charge in [0, 0.05) is 5.69 Å². The molecule has 0 aliphatic rings. The van der Waals surface area contributed by atoms with Gasteiger partial charge in [0.2, 0.25) is 0 Å². The predicted molar refractivity (Wildman–Crippen MR) is 87.9 cm³/mol. The average Bonchev–Trinajstić information content (AvgIpc) is 2.93. The highest BCUT2D eigenvalue weighted by Crippen LogP contribution is 2.15. The van der Waals surface area contributed by atoms with E-state index in [4.69, 9.17) is 21.4 Å². The van der Waals surface area contributed by atoms with Crippen molar-refractivity contribution in [2.75, 3.05) is 11.9 Å². The molecule has 0 unspecified atom stereocenters. The molecule has 0 radical (unpaired) electrons. The summed E-state index contributed by atoms with van der Waals surface area (Å²) < 4.78 is 10.4. The van der Waals surface area contributed by atoms with Gasteiger partial charge in [-0.15, -0.1) is 0 Å². The Morgan fingerprint density at radius 1 is 1.23 bits per heavy atom. The number of hydrogen-bond acceptors (Lipinski definition) is 4. The molecule has 1 heterocycles. The number of carbonyl (C=O) groups is 1. The third kappa shape index (κ3) is 4.23. The Morgan fingerprint density at radius 3 is 2.55 bits per heavy atom. The van der Waals surface area contributed by atoms with E-state index in [1.54, 1.807) is 13.0 Å². The molecule has 2 aromatic rings. The molecule has 3 N–H and O–H groups in total. The number of ether oxygens (including phenoxy) is 1. The molecule has 1 aromatic carbocycles. The number of anilines is 1. The minimum absolute atomic E-state index is 0.277. The van der Waals surface area contributed by atoms with Crippen LogP contribution in [0.15, 0.2) is 41.0 Å². The van der Waals surface area contributed by atoms with Crippen molar-refractivity contribution in [3.8, 4) is 5.75 Å². The van der Waals surface area contributed by atoms with Gasteiger partial charge in [0.1, 0.15) is 11.5 Å². The van der Waals surface area contributed by atoms with Crippen LogP contribution >= 0.6 is 12.2 Å². The molecule has 7 heteroatoms. The second kappa shape index (κ2) is 7.46. The van der Waals surface area contributed by atoms with Gasteiger partial charge in [0.25, 0.3) is 5.91 Å². The lowest BCUT2D eigenvalue weighted by atomic mass is 10.2. The highest BCUT2D eigenvalue weighted by atomic mass is 32.1. The van der Waals surface area contributed by atoms with Gasteiger partial charge in [-0.1, -0.05) is 0 Å². The number of furan rings is 1. The largest absolute Gasteiger partial charge is 0.494 e. The fourth-order valence-electron chi connectivity index (χ4n) is 1.76. The fraction of sp³-hybridized carbons (Fsp3) is 0.200. The molecule has 0 fully saturated rings. The Kier molecular flexibility index (Phi) is 5.37. The molecule has 1 aromatic heterocycles. The van der Waals surface area contributed by atoms with Gasteiger partial charge in [-0.25, -0.2) is 0 Å². The molecule has 116 valence electrons. The van der Waals surface area contributed by atoms with Crippen molar-refractivity contribution < 1.29 is 13.9 Å². The van der Waals surface area contributed by atoms with Crippen molar-refractivity contribution in [3.63, 3.8) is 0 Å². The number of carbonyl (C=O) groups excluding carboxylic acids is 1. The lowest BCUT2D eigenvalue weighted by Crippen LogP contribution is -2.43. The van der Waals surface area contributed by atoms with Crippen LogP contribution in [0.5, 0.6) is 5.75 Å². The van der Waals surface area contributed by atoms with E-state index in [0.717, 1.165) is 11.4 Å². The summed E-state index contributed by atoms with van der Waals surface area (Å²) in [5, 5.41) is 3.23. The maximum absolute atomic E-state index is 11.9. The standard InChI is InChI=1S/C15H17N3O3S/c1-3-20-12-6-4-11(5-7-12)16-15(22)18-17-14(19)13-8-9-21-10(13)2/h4-9H,3H2,1-2H3,(H,17,19)(H2,16,18,22). The first-order chi connectivity index (χ1) is 10.6. The van der Waals surface area contributed by atoms with Crippen molar-refractivity contribution >= 4 is 28.9 Å². The molecule has 0 aliphatic carbocycles. The van der Waals surface area contributed by atoms with E-state index < -0.39 is 0 Å². The lowest BCUT2D eigenvalue weighted by Gasteiger charge is -2.11. The van der Waals surface area contributed by atoms with Crippen LogP contribution in [0.3, 0.4) is 0 Å². The Labute approximate surface area is 133 Å². The molecule has 2 rings (SSSR count). The quantitative estimate of drug-likeness (QED) is 0.594. The molecule has 22 heavy (non-hydrogen) atoms. The number of benzene rings is 1. The molecule has 0 saturated heterocycles.